The number of piperidine rings is 1. The molecule has 17 heteroatoms. The van der Waals surface area contributed by atoms with E-state index < -0.39 is 5.60 Å². The largest absolute Gasteiger partial charge is 0.426 e. The molecule has 3 amide bonds. The Kier molecular flexibility index (Phi) is 15.7. The van der Waals surface area contributed by atoms with Crippen LogP contribution in [0.25, 0.3) is 55.4 Å². The number of fused-ring (bicyclic) bond motifs is 3. The second-order valence-electron chi connectivity index (χ2n) is 20.9. The molecule has 78 heavy (non-hydrogen) atoms. The molecule has 0 unspecified atom stereocenters. The van der Waals surface area contributed by atoms with Crippen molar-refractivity contribution < 1.29 is 24.2 Å². The monoisotopic (exact) mass is 1050 g/mol. The number of aliphatic hydroxyl groups is 1. The number of nitrogens with zero attached hydrogens (tertiary/aromatic N) is 7. The summed E-state index contributed by atoms with van der Waals surface area (Å²) >= 11 is 0. The minimum Gasteiger partial charge on any atom is -0.426 e. The van der Waals surface area contributed by atoms with E-state index in [4.69, 9.17) is 9.72 Å². The zero-order valence-electron chi connectivity index (χ0n) is 44.9. The topological polar surface area (TPSA) is 206 Å². The van der Waals surface area contributed by atoms with E-state index in [9.17, 15) is 24.3 Å². The first-order valence-corrected chi connectivity index (χ1v) is 26.8. The quantitative estimate of drug-likeness (QED) is 0.0460. The molecule has 402 valence electrons. The minimum atomic E-state index is -1.16. The normalized spacial score (nSPS) is 13.8. The number of H-pyrrole nitrogens is 1. The Hall–Kier alpha value is -8.41. The first-order chi connectivity index (χ1) is 37.7. The zero-order valence-corrected chi connectivity index (χ0v) is 44.9. The van der Waals surface area contributed by atoms with Gasteiger partial charge in [-0.2, -0.15) is 10.1 Å². The maximum Gasteiger partial charge on any atom is 0.300 e. The van der Waals surface area contributed by atoms with Crippen molar-refractivity contribution in [3.63, 3.8) is 0 Å². The molecule has 17 nitrogen and oxygen atoms in total. The van der Waals surface area contributed by atoms with Crippen LogP contribution < -0.4 is 26.2 Å². The second-order valence-corrected chi connectivity index (χ2v) is 20.9. The number of rotatable bonds is 20. The fraction of sp³-hybridized carbons (Fsp3) is 0.328. The summed E-state index contributed by atoms with van der Waals surface area (Å²) in [7, 11) is 3.82. The third-order valence-corrected chi connectivity index (χ3v) is 15.1. The maximum atomic E-state index is 13.7. The van der Waals surface area contributed by atoms with Gasteiger partial charge in [0.25, 0.3) is 17.5 Å². The molecule has 1 saturated heterocycles. The Morgan fingerprint density at radius 2 is 1.59 bits per heavy atom. The van der Waals surface area contributed by atoms with E-state index in [0.29, 0.717) is 80.5 Å². The number of aromatic amines is 1. The second kappa shape index (κ2) is 23.1. The number of amides is 3. The van der Waals surface area contributed by atoms with Crippen molar-refractivity contribution in [2.45, 2.75) is 83.9 Å². The van der Waals surface area contributed by atoms with E-state index >= 15 is 0 Å². The summed E-state index contributed by atoms with van der Waals surface area (Å²) in [6.45, 7) is 8.59. The lowest BCUT2D eigenvalue weighted by Gasteiger charge is -2.38. The van der Waals surface area contributed by atoms with Gasteiger partial charge in [0.1, 0.15) is 11.3 Å². The molecule has 5 heterocycles. The van der Waals surface area contributed by atoms with Crippen molar-refractivity contribution in [3.05, 3.63) is 160 Å². The predicted octanol–water partition coefficient (Wildman–Crippen LogP) is 8.59. The Balaban J connectivity index is 0.627. The van der Waals surface area contributed by atoms with Crippen LogP contribution in [0, 0.1) is 13.8 Å². The van der Waals surface area contributed by atoms with Crippen LogP contribution >= 0.6 is 0 Å². The molecule has 0 radical (unpaired) electrons. The third-order valence-electron chi connectivity index (χ3n) is 15.1. The molecule has 1 fully saturated rings. The molecule has 0 bridgehead atoms. The fourth-order valence-corrected chi connectivity index (χ4v) is 10.6. The zero-order chi connectivity index (χ0) is 54.5. The molecule has 1 atom stereocenters. The van der Waals surface area contributed by atoms with Crippen molar-refractivity contribution in [1.29, 1.82) is 0 Å². The number of nitrogens with one attached hydrogen (secondary N) is 4. The predicted molar refractivity (Wildman–Crippen MR) is 303 cm³/mol. The van der Waals surface area contributed by atoms with Crippen LogP contribution in [0.4, 0.5) is 0 Å². The molecule has 4 aromatic heterocycles. The van der Waals surface area contributed by atoms with Gasteiger partial charge in [0, 0.05) is 81.5 Å². The molecule has 9 aromatic rings. The van der Waals surface area contributed by atoms with Gasteiger partial charge in [-0.25, -0.2) is 4.98 Å². The minimum absolute atomic E-state index is 0.0570. The molecule has 1 aliphatic heterocycles. The van der Waals surface area contributed by atoms with E-state index in [-0.39, 0.29) is 47.8 Å². The number of imidazole rings is 1. The van der Waals surface area contributed by atoms with Gasteiger partial charge in [0.15, 0.2) is 5.52 Å². The van der Waals surface area contributed by atoms with Crippen molar-refractivity contribution in [3.8, 4) is 34.1 Å². The molecule has 5 aromatic carbocycles. The number of aryl methyl sites for hydroxylation is 4. The average Bonchev–Trinajstić information content (AvgIpc) is 4.28. The first kappa shape index (κ1) is 53.0. The highest BCUT2D eigenvalue weighted by Crippen LogP contribution is 2.33. The lowest BCUT2D eigenvalue weighted by Crippen LogP contribution is -2.49. The smallest absolute Gasteiger partial charge is 0.300 e. The van der Waals surface area contributed by atoms with Crippen molar-refractivity contribution in [2.75, 3.05) is 32.7 Å². The Morgan fingerprint density at radius 3 is 2.37 bits per heavy atom. The standard InChI is InChI=1S/C61H67N11O6/c1-39-14-20-47(78-60-66-50-30-41(3)48(34-51(50)67-60)45-19-21-52-46(32-45)22-27-69(52)4)33-49(39)58(75)64-26-11-7-10-25-63-53(73)36-62-35-42-15-17-44(18-16-42)57-55-56(68-70(57)5)59(76)72(38-65-55)37-61(77)23-28-71(29-24-61)54(74)31-40(2)43-12-8-6-9-13-43/h6,8-9,12-22,27,30,32-34,38,40,62,77H,7,10-11,23-26,28-29,31,35-37H2,1-5H3,(H,63,73)(H,64,75)(H,66,67)/t40-/m1/s1. The average molecular weight is 1050 g/mol. The van der Waals surface area contributed by atoms with Crippen molar-refractivity contribution >= 4 is 50.7 Å². The summed E-state index contributed by atoms with van der Waals surface area (Å²) in [6.07, 6.45) is 7.01. The van der Waals surface area contributed by atoms with Crippen LogP contribution in [0.2, 0.25) is 0 Å². The molecule has 1 aliphatic rings. The maximum absolute atomic E-state index is 13.7. The molecular formula is C61H67N11O6. The number of hydrogen-bond acceptors (Lipinski definition) is 10. The van der Waals surface area contributed by atoms with E-state index in [1.165, 1.54) is 21.8 Å². The summed E-state index contributed by atoms with van der Waals surface area (Å²) in [6, 6.07) is 36.3. The first-order valence-electron chi connectivity index (χ1n) is 26.8. The van der Waals surface area contributed by atoms with Gasteiger partial charge in [-0.1, -0.05) is 73.7 Å². The van der Waals surface area contributed by atoms with Gasteiger partial charge in [0.05, 0.1) is 41.7 Å². The lowest BCUT2D eigenvalue weighted by molar-refractivity contribution is -0.136. The van der Waals surface area contributed by atoms with Crippen LogP contribution in [0.1, 0.15) is 84.0 Å². The van der Waals surface area contributed by atoms with Gasteiger partial charge in [0.2, 0.25) is 11.8 Å². The Bertz CT molecular complexity index is 3700. The van der Waals surface area contributed by atoms with Gasteiger partial charge in [-0.05, 0) is 128 Å². The summed E-state index contributed by atoms with van der Waals surface area (Å²) in [4.78, 5) is 67.2. The van der Waals surface area contributed by atoms with Crippen LogP contribution in [-0.4, -0.2) is 99.9 Å². The molecule has 0 saturated carbocycles. The number of ether oxygens (including phenoxy) is 1. The van der Waals surface area contributed by atoms with Crippen LogP contribution in [-0.2, 0) is 36.8 Å². The van der Waals surface area contributed by atoms with Crippen molar-refractivity contribution in [2.24, 2.45) is 14.1 Å². The van der Waals surface area contributed by atoms with Gasteiger partial charge in [-0.3, -0.25) is 28.4 Å². The highest BCUT2D eigenvalue weighted by Gasteiger charge is 2.35. The van der Waals surface area contributed by atoms with Crippen LogP contribution in [0.15, 0.2) is 127 Å². The summed E-state index contributed by atoms with van der Waals surface area (Å²) < 4.78 is 11.3. The van der Waals surface area contributed by atoms with Crippen LogP contribution in [0.5, 0.6) is 11.8 Å². The van der Waals surface area contributed by atoms with Gasteiger partial charge < -0.3 is 40.2 Å². The van der Waals surface area contributed by atoms with E-state index in [0.717, 1.165) is 69.2 Å². The van der Waals surface area contributed by atoms with Gasteiger partial charge in [-0.15, -0.1) is 0 Å². The number of aromatic nitrogens is 7. The molecule has 5 N–H and O–H groups in total. The molecular weight excluding hydrogens is 983 g/mol. The summed E-state index contributed by atoms with van der Waals surface area (Å²) in [5, 5.41) is 26.5. The summed E-state index contributed by atoms with van der Waals surface area (Å²) in [5.41, 5.74) is 10.4. The van der Waals surface area contributed by atoms with Crippen LogP contribution in [0.3, 0.4) is 0 Å². The number of carbonyl (C=O) groups excluding carboxylic acids is 3. The number of likely N-dealkylation sites (tertiary alicyclic amines) is 1. The van der Waals surface area contributed by atoms with Crippen molar-refractivity contribution in [1.82, 2.24) is 54.7 Å². The Labute approximate surface area is 452 Å². The molecule has 0 aliphatic carbocycles. The van der Waals surface area contributed by atoms with E-state index in [2.05, 4.69) is 92.0 Å². The highest BCUT2D eigenvalue weighted by molar-refractivity contribution is 5.96. The van der Waals surface area contributed by atoms with Gasteiger partial charge >= 0.3 is 0 Å². The molecule has 10 rings (SSSR count). The number of hydrogen-bond donors (Lipinski definition) is 5. The number of carbonyl (C=O) groups is 3. The number of benzene rings is 5. The SMILES string of the molecule is Cc1ccc(Oc2nc3cc(-c4ccc5c(ccn5C)c4)c(C)cc3[nH]2)cc1C(=O)NCCCCCNC(=O)CNCc1ccc(-c2c3ncn(CC4(O)CCN(C(=O)C[C@@H](C)c5ccccc5)CC4)c(=O)c3nn2C)cc1. The third kappa shape index (κ3) is 11.9. The number of unbranched alkanes of at least 4 members (excludes halogenated alkanes) is 2. The fourth-order valence-electron chi connectivity index (χ4n) is 10.6. The van der Waals surface area contributed by atoms with E-state index in [1.54, 1.807) is 17.8 Å². The lowest BCUT2D eigenvalue weighted by atomic mass is 9.90. The Morgan fingerprint density at radius 1 is 0.833 bits per heavy atom. The summed E-state index contributed by atoms with van der Waals surface area (Å²) in [5.74, 6) is 0.382. The van der Waals surface area contributed by atoms with E-state index in [1.807, 2.05) is 85.6 Å². The molecule has 0 spiro atoms. The highest BCUT2D eigenvalue weighted by atomic mass is 16.5.